The first-order valence-corrected chi connectivity index (χ1v) is 10.3. The minimum absolute atomic E-state index is 0.0176. The number of rotatable bonds is 5. The molecule has 1 aliphatic heterocycles. The minimum Gasteiger partial charge on any atom is -0.338 e. The average molecular weight is 423 g/mol. The van der Waals surface area contributed by atoms with Crippen LogP contribution in [0.5, 0.6) is 0 Å². The summed E-state index contributed by atoms with van der Waals surface area (Å²) < 4.78 is 5.42. The van der Waals surface area contributed by atoms with Gasteiger partial charge in [0, 0.05) is 42.8 Å². The van der Waals surface area contributed by atoms with Gasteiger partial charge in [0.1, 0.15) is 0 Å². The van der Waals surface area contributed by atoms with Gasteiger partial charge < -0.3 is 9.42 Å². The monoisotopic (exact) mass is 422 g/mol. The quantitative estimate of drug-likeness (QED) is 0.580. The summed E-state index contributed by atoms with van der Waals surface area (Å²) in [4.78, 5) is 21.0. The van der Waals surface area contributed by atoms with Crippen molar-refractivity contribution in [3.8, 4) is 11.4 Å². The van der Waals surface area contributed by atoms with Gasteiger partial charge in [0.15, 0.2) is 0 Å². The van der Waals surface area contributed by atoms with Crippen molar-refractivity contribution in [1.82, 2.24) is 19.9 Å². The van der Waals surface area contributed by atoms with Crippen LogP contribution in [-0.4, -0.2) is 52.0 Å². The minimum atomic E-state index is 0.0176. The van der Waals surface area contributed by atoms with Gasteiger partial charge in [0.05, 0.1) is 6.54 Å². The highest BCUT2D eigenvalue weighted by Gasteiger charge is 2.21. The lowest BCUT2D eigenvalue weighted by Crippen LogP contribution is -2.47. The second-order valence-electron chi connectivity index (χ2n) is 7.36. The first-order chi connectivity index (χ1) is 14.6. The second-order valence-corrected chi connectivity index (χ2v) is 7.80. The Morgan fingerprint density at radius 2 is 1.77 bits per heavy atom. The van der Waals surface area contributed by atoms with Gasteiger partial charge in [-0.05, 0) is 30.7 Å². The van der Waals surface area contributed by atoms with Crippen LogP contribution in [-0.2, 0) is 11.3 Å². The molecular formula is C23H23ClN4O2. The summed E-state index contributed by atoms with van der Waals surface area (Å²) in [5, 5.41) is 4.77. The highest BCUT2D eigenvalue weighted by atomic mass is 35.5. The van der Waals surface area contributed by atoms with Crippen molar-refractivity contribution in [3.63, 3.8) is 0 Å². The number of benzene rings is 2. The number of amides is 1. The summed E-state index contributed by atoms with van der Waals surface area (Å²) in [5.74, 6) is 1.21. The molecule has 1 amide bonds. The lowest BCUT2D eigenvalue weighted by Gasteiger charge is -2.33. The van der Waals surface area contributed by atoms with Gasteiger partial charge in [0.2, 0.25) is 17.6 Å². The molecule has 6 nitrogen and oxygen atoms in total. The van der Waals surface area contributed by atoms with E-state index in [1.54, 1.807) is 6.08 Å². The Morgan fingerprint density at radius 1 is 1.07 bits per heavy atom. The van der Waals surface area contributed by atoms with Crippen molar-refractivity contribution in [1.29, 1.82) is 0 Å². The molecule has 154 valence electrons. The molecule has 3 aromatic rings. The van der Waals surface area contributed by atoms with Crippen molar-refractivity contribution in [2.24, 2.45) is 0 Å². The highest BCUT2D eigenvalue weighted by Crippen LogP contribution is 2.17. The molecule has 2 aromatic carbocycles. The normalized spacial score (nSPS) is 15.1. The first-order valence-electron chi connectivity index (χ1n) is 9.91. The molecule has 0 bridgehead atoms. The van der Waals surface area contributed by atoms with E-state index in [9.17, 15) is 4.79 Å². The number of halogens is 1. The van der Waals surface area contributed by atoms with Gasteiger partial charge in [0.25, 0.3) is 0 Å². The molecule has 4 rings (SSSR count). The van der Waals surface area contributed by atoms with Gasteiger partial charge in [-0.3, -0.25) is 9.69 Å². The lowest BCUT2D eigenvalue weighted by atomic mass is 10.1. The third kappa shape index (κ3) is 5.14. The van der Waals surface area contributed by atoms with E-state index in [0.717, 1.165) is 24.2 Å². The largest absolute Gasteiger partial charge is 0.338 e. The standard InChI is InChI=1S/C23H23ClN4O2/c1-17-2-7-19(8-3-17)23-25-21(30-26-23)16-27-12-14-28(15-13-27)22(29)11-6-18-4-9-20(24)10-5-18/h2-11H,12-16H2,1H3/b11-6+. The predicted octanol–water partition coefficient (Wildman–Crippen LogP) is 4.06. The zero-order valence-corrected chi connectivity index (χ0v) is 17.5. The number of aromatic nitrogens is 2. The topological polar surface area (TPSA) is 62.5 Å². The van der Waals surface area contributed by atoms with E-state index in [4.69, 9.17) is 16.1 Å². The van der Waals surface area contributed by atoms with Crippen molar-refractivity contribution in [2.75, 3.05) is 26.2 Å². The Balaban J connectivity index is 1.28. The maximum atomic E-state index is 12.4. The number of piperazine rings is 1. The number of carbonyl (C=O) groups excluding carboxylic acids is 1. The average Bonchev–Trinajstić information content (AvgIpc) is 3.22. The Hall–Kier alpha value is -2.96. The van der Waals surface area contributed by atoms with E-state index in [1.807, 2.05) is 66.4 Å². The van der Waals surface area contributed by atoms with Crippen LogP contribution in [0.2, 0.25) is 5.02 Å². The molecule has 1 aliphatic rings. The van der Waals surface area contributed by atoms with E-state index in [0.29, 0.717) is 36.4 Å². The van der Waals surface area contributed by atoms with Gasteiger partial charge >= 0.3 is 0 Å². The fourth-order valence-corrected chi connectivity index (χ4v) is 3.43. The lowest BCUT2D eigenvalue weighted by molar-refractivity contribution is -0.127. The number of hydrogen-bond acceptors (Lipinski definition) is 5. The molecular weight excluding hydrogens is 400 g/mol. The number of carbonyl (C=O) groups is 1. The molecule has 0 radical (unpaired) electrons. The molecule has 30 heavy (non-hydrogen) atoms. The molecule has 0 N–H and O–H groups in total. The Labute approximate surface area is 180 Å². The maximum absolute atomic E-state index is 12.4. The van der Waals surface area contributed by atoms with Crippen molar-refractivity contribution in [3.05, 3.63) is 76.6 Å². The highest BCUT2D eigenvalue weighted by molar-refractivity contribution is 6.30. The van der Waals surface area contributed by atoms with Crippen LogP contribution in [0.4, 0.5) is 0 Å². The molecule has 0 aliphatic carbocycles. The third-order valence-electron chi connectivity index (χ3n) is 5.11. The van der Waals surface area contributed by atoms with Crippen molar-refractivity contribution in [2.45, 2.75) is 13.5 Å². The van der Waals surface area contributed by atoms with Crippen LogP contribution in [0, 0.1) is 6.92 Å². The summed E-state index contributed by atoms with van der Waals surface area (Å²) in [5.41, 5.74) is 3.09. The SMILES string of the molecule is Cc1ccc(-c2noc(CN3CCN(C(=O)/C=C/c4ccc(Cl)cc4)CC3)n2)cc1. The molecule has 0 atom stereocenters. The van der Waals surface area contributed by atoms with Crippen LogP contribution in [0.15, 0.2) is 59.1 Å². The molecule has 1 fully saturated rings. The summed E-state index contributed by atoms with van der Waals surface area (Å²) in [7, 11) is 0. The molecule has 0 spiro atoms. The molecule has 0 unspecified atom stereocenters. The fourth-order valence-electron chi connectivity index (χ4n) is 3.30. The molecule has 1 aromatic heterocycles. The molecule has 1 saturated heterocycles. The first kappa shape index (κ1) is 20.3. The van der Waals surface area contributed by atoms with Gasteiger partial charge in [-0.15, -0.1) is 0 Å². The van der Waals surface area contributed by atoms with Crippen LogP contribution in [0.3, 0.4) is 0 Å². The van der Waals surface area contributed by atoms with Gasteiger partial charge in [-0.2, -0.15) is 4.98 Å². The Bertz CT molecular complexity index is 1020. The van der Waals surface area contributed by atoms with E-state index in [1.165, 1.54) is 5.56 Å². The van der Waals surface area contributed by atoms with Crippen LogP contribution >= 0.6 is 11.6 Å². The zero-order valence-electron chi connectivity index (χ0n) is 16.8. The number of nitrogens with zero attached hydrogens (tertiary/aromatic N) is 4. The van der Waals surface area contributed by atoms with Crippen LogP contribution in [0.25, 0.3) is 17.5 Å². The van der Waals surface area contributed by atoms with Crippen LogP contribution in [0.1, 0.15) is 17.0 Å². The summed E-state index contributed by atoms with van der Waals surface area (Å²) in [6, 6.07) is 15.4. The van der Waals surface area contributed by atoms with Gasteiger partial charge in [-0.25, -0.2) is 0 Å². The third-order valence-corrected chi connectivity index (χ3v) is 5.36. The number of aryl methyl sites for hydroxylation is 1. The Morgan fingerprint density at radius 3 is 2.47 bits per heavy atom. The molecule has 7 heteroatoms. The smallest absolute Gasteiger partial charge is 0.246 e. The number of hydrogen-bond donors (Lipinski definition) is 0. The maximum Gasteiger partial charge on any atom is 0.246 e. The van der Waals surface area contributed by atoms with E-state index in [-0.39, 0.29) is 5.91 Å². The predicted molar refractivity (Wildman–Crippen MR) is 117 cm³/mol. The second kappa shape index (κ2) is 9.24. The van der Waals surface area contributed by atoms with Crippen molar-refractivity contribution >= 4 is 23.6 Å². The fraction of sp³-hybridized carbons (Fsp3) is 0.261. The van der Waals surface area contributed by atoms with Crippen molar-refractivity contribution < 1.29 is 9.32 Å². The van der Waals surface area contributed by atoms with E-state index >= 15 is 0 Å². The van der Waals surface area contributed by atoms with Crippen LogP contribution < -0.4 is 0 Å². The van der Waals surface area contributed by atoms with Gasteiger partial charge in [-0.1, -0.05) is 58.7 Å². The zero-order chi connectivity index (χ0) is 20.9. The van der Waals surface area contributed by atoms with E-state index < -0.39 is 0 Å². The Kier molecular flexibility index (Phi) is 6.26. The summed E-state index contributed by atoms with van der Waals surface area (Å²) in [6.45, 7) is 5.50. The summed E-state index contributed by atoms with van der Waals surface area (Å²) >= 11 is 5.89. The van der Waals surface area contributed by atoms with E-state index in [2.05, 4.69) is 15.0 Å². The summed E-state index contributed by atoms with van der Waals surface area (Å²) in [6.07, 6.45) is 3.43. The molecule has 0 saturated carbocycles. The molecule has 2 heterocycles.